The van der Waals surface area contributed by atoms with Gasteiger partial charge in [-0.3, -0.25) is 14.7 Å². The summed E-state index contributed by atoms with van der Waals surface area (Å²) >= 11 is 0. The molecule has 2 atom stereocenters. The molecule has 0 bridgehead atoms. The van der Waals surface area contributed by atoms with E-state index in [1.165, 1.54) is 19.9 Å². The van der Waals surface area contributed by atoms with E-state index in [0.717, 1.165) is 25.4 Å². The summed E-state index contributed by atoms with van der Waals surface area (Å²) < 4.78 is 72.7. The highest BCUT2D eigenvalue weighted by atomic mass is 19.4. The number of benzene rings is 1. The lowest BCUT2D eigenvalue weighted by molar-refractivity contribution is -0.172. The van der Waals surface area contributed by atoms with Crippen molar-refractivity contribution in [1.82, 2.24) is 10.3 Å². The fourth-order valence-electron chi connectivity index (χ4n) is 4.10. The number of methoxy groups -OCH3 is 1. The maximum Gasteiger partial charge on any atom is 0.471 e. The molecule has 1 aromatic carbocycles. The number of carbonyl (C=O) groups is 2. The van der Waals surface area contributed by atoms with Crippen LogP contribution in [0.1, 0.15) is 56.0 Å². The van der Waals surface area contributed by atoms with Gasteiger partial charge in [0, 0.05) is 5.69 Å². The van der Waals surface area contributed by atoms with Gasteiger partial charge in [0.05, 0.1) is 25.0 Å². The van der Waals surface area contributed by atoms with E-state index >= 15 is 0 Å². The molecule has 2 aromatic rings. The van der Waals surface area contributed by atoms with Crippen LogP contribution >= 0.6 is 0 Å². The lowest BCUT2D eigenvalue weighted by Gasteiger charge is -2.31. The molecule has 204 valence electrons. The second-order valence-electron chi connectivity index (χ2n) is 9.18. The zero-order valence-electron chi connectivity index (χ0n) is 21.5. The first kappa shape index (κ1) is 30.1. The fraction of sp³-hybridized carbons (Fsp3) is 0.500. The van der Waals surface area contributed by atoms with Crippen LogP contribution in [-0.2, 0) is 14.3 Å². The highest BCUT2D eigenvalue weighted by molar-refractivity contribution is 6.02. The van der Waals surface area contributed by atoms with Crippen molar-refractivity contribution in [2.24, 2.45) is 5.92 Å². The number of nitrogens with one attached hydrogen (secondary N) is 1. The number of pyridine rings is 1. The average molecular weight is 530 g/mol. The number of halogens is 5. The van der Waals surface area contributed by atoms with Crippen LogP contribution < -0.4 is 10.2 Å². The van der Waals surface area contributed by atoms with Crippen molar-refractivity contribution in [3.8, 4) is 0 Å². The second kappa shape index (κ2) is 12.9. The number of aryl methyl sites for hydroxylation is 2. The SMILES string of the molecule is COC(=O)[C@@H](CCCCN[C@@H](c1ccc(F)cn1)C(C)C)N(C(=O)C(F)(F)F)c1cc(C)c(F)c(C)c1. The molecule has 0 aliphatic carbocycles. The van der Waals surface area contributed by atoms with Gasteiger partial charge >= 0.3 is 18.1 Å². The summed E-state index contributed by atoms with van der Waals surface area (Å²) in [6.07, 6.45) is -3.54. The van der Waals surface area contributed by atoms with E-state index in [4.69, 9.17) is 4.74 Å². The first-order valence-electron chi connectivity index (χ1n) is 11.9. The Hall–Kier alpha value is -3.08. The van der Waals surface area contributed by atoms with Crippen LogP contribution in [0, 0.1) is 31.4 Å². The number of hydrogen-bond acceptors (Lipinski definition) is 5. The molecule has 0 aliphatic rings. The fourth-order valence-corrected chi connectivity index (χ4v) is 4.10. The van der Waals surface area contributed by atoms with Crippen molar-refractivity contribution >= 4 is 17.6 Å². The van der Waals surface area contributed by atoms with Gasteiger partial charge in [0.25, 0.3) is 0 Å². The summed E-state index contributed by atoms with van der Waals surface area (Å²) in [4.78, 5) is 29.4. The molecule has 11 heteroatoms. The summed E-state index contributed by atoms with van der Waals surface area (Å²) in [5.41, 5.74) is 0.483. The molecule has 1 aromatic heterocycles. The number of carbonyl (C=O) groups excluding carboxylic acids is 2. The van der Waals surface area contributed by atoms with Gasteiger partial charge in [0.1, 0.15) is 17.7 Å². The summed E-state index contributed by atoms with van der Waals surface area (Å²) in [6, 6.07) is 3.34. The average Bonchev–Trinajstić information content (AvgIpc) is 2.83. The molecule has 0 aliphatic heterocycles. The summed E-state index contributed by atoms with van der Waals surface area (Å²) in [7, 11) is 1.03. The summed E-state index contributed by atoms with van der Waals surface area (Å²) in [5, 5.41) is 3.30. The van der Waals surface area contributed by atoms with Crippen molar-refractivity contribution < 1.29 is 36.3 Å². The smallest absolute Gasteiger partial charge is 0.467 e. The van der Waals surface area contributed by atoms with Crippen LogP contribution in [0.3, 0.4) is 0 Å². The zero-order chi connectivity index (χ0) is 27.9. The molecule has 37 heavy (non-hydrogen) atoms. The van der Waals surface area contributed by atoms with E-state index in [9.17, 15) is 31.5 Å². The van der Waals surface area contributed by atoms with Crippen molar-refractivity contribution in [1.29, 1.82) is 0 Å². The number of alkyl halides is 3. The zero-order valence-corrected chi connectivity index (χ0v) is 21.5. The number of hydrogen-bond donors (Lipinski definition) is 1. The minimum atomic E-state index is -5.27. The molecule has 0 saturated heterocycles. The number of rotatable bonds is 11. The molecule has 0 fully saturated rings. The molecular formula is C26H32F5N3O3. The molecule has 1 N–H and O–H groups in total. The van der Waals surface area contributed by atoms with Gasteiger partial charge in [-0.2, -0.15) is 13.2 Å². The number of aromatic nitrogens is 1. The van der Waals surface area contributed by atoms with Crippen LogP contribution in [0.2, 0.25) is 0 Å². The Morgan fingerprint density at radius 1 is 1.08 bits per heavy atom. The van der Waals surface area contributed by atoms with Gasteiger partial charge in [-0.05, 0) is 81.0 Å². The summed E-state index contributed by atoms with van der Waals surface area (Å²) in [5.74, 6) is -4.20. The molecule has 1 heterocycles. The quantitative estimate of drug-likeness (QED) is 0.234. The number of anilines is 1. The normalized spacial score (nSPS) is 13.4. The molecule has 0 radical (unpaired) electrons. The molecule has 0 saturated carbocycles. The summed E-state index contributed by atoms with van der Waals surface area (Å²) in [6.45, 7) is 7.08. The number of unbranched alkanes of at least 4 members (excludes halogenated alkanes) is 1. The minimum absolute atomic E-state index is 0.0388. The first-order chi connectivity index (χ1) is 17.3. The third-order valence-electron chi connectivity index (χ3n) is 5.95. The van der Waals surface area contributed by atoms with E-state index in [1.807, 2.05) is 13.8 Å². The third kappa shape index (κ3) is 7.95. The van der Waals surface area contributed by atoms with Crippen LogP contribution in [0.4, 0.5) is 27.6 Å². The van der Waals surface area contributed by atoms with Crippen LogP contribution in [-0.4, -0.2) is 42.7 Å². The van der Waals surface area contributed by atoms with Crippen molar-refractivity contribution in [3.05, 3.63) is 58.9 Å². The van der Waals surface area contributed by atoms with Gasteiger partial charge in [-0.1, -0.05) is 13.8 Å². The van der Waals surface area contributed by atoms with Crippen LogP contribution in [0.25, 0.3) is 0 Å². The van der Waals surface area contributed by atoms with Crippen molar-refractivity contribution in [3.63, 3.8) is 0 Å². The van der Waals surface area contributed by atoms with E-state index in [-0.39, 0.29) is 41.6 Å². The largest absolute Gasteiger partial charge is 0.471 e. The Kier molecular flexibility index (Phi) is 10.5. The van der Waals surface area contributed by atoms with Gasteiger partial charge in [0.15, 0.2) is 0 Å². The minimum Gasteiger partial charge on any atom is -0.467 e. The number of ether oxygens (including phenoxy) is 1. The molecule has 0 unspecified atom stereocenters. The first-order valence-corrected chi connectivity index (χ1v) is 11.9. The van der Waals surface area contributed by atoms with Crippen molar-refractivity contribution in [2.75, 3.05) is 18.6 Å². The van der Waals surface area contributed by atoms with E-state index < -0.39 is 35.7 Å². The lowest BCUT2D eigenvalue weighted by atomic mass is 9.99. The van der Waals surface area contributed by atoms with E-state index in [2.05, 4.69) is 10.3 Å². The molecule has 2 rings (SSSR count). The Balaban J connectivity index is 2.20. The van der Waals surface area contributed by atoms with Crippen molar-refractivity contribution in [2.45, 2.75) is 65.2 Å². The maximum atomic E-state index is 14.1. The standard InChI is InChI=1S/C26H32F5N3O3/c1-15(2)23(20-10-9-18(27)14-33-20)32-11-7-6-8-21(24(35)37-5)34(25(36)26(29,30)31)19-12-16(3)22(28)17(4)13-19/h9-10,12-15,21,23,32H,6-8,11H2,1-5H3/t21-,23-/m1/s1. The van der Waals surface area contributed by atoms with E-state index in [1.54, 1.807) is 6.07 Å². The highest BCUT2D eigenvalue weighted by Gasteiger charge is 2.47. The topological polar surface area (TPSA) is 71.5 Å². The van der Waals surface area contributed by atoms with E-state index in [0.29, 0.717) is 23.6 Å². The van der Waals surface area contributed by atoms with Crippen LogP contribution in [0.5, 0.6) is 0 Å². The molecule has 1 amide bonds. The monoisotopic (exact) mass is 529 g/mol. The Labute approximate surface area is 213 Å². The molecule has 0 spiro atoms. The number of amides is 1. The molecular weight excluding hydrogens is 497 g/mol. The number of esters is 1. The van der Waals surface area contributed by atoms with Gasteiger partial charge in [-0.25, -0.2) is 13.6 Å². The second-order valence-corrected chi connectivity index (χ2v) is 9.18. The highest BCUT2D eigenvalue weighted by Crippen LogP contribution is 2.30. The Morgan fingerprint density at radius 2 is 1.70 bits per heavy atom. The van der Waals surface area contributed by atoms with Gasteiger partial charge in [0.2, 0.25) is 0 Å². The lowest BCUT2D eigenvalue weighted by Crippen LogP contribution is -2.51. The van der Waals surface area contributed by atoms with Crippen LogP contribution in [0.15, 0.2) is 30.5 Å². The number of nitrogens with zero attached hydrogens (tertiary/aromatic N) is 2. The van der Waals surface area contributed by atoms with Gasteiger partial charge < -0.3 is 10.1 Å². The molecule has 6 nitrogen and oxygen atoms in total. The van der Waals surface area contributed by atoms with Gasteiger partial charge in [-0.15, -0.1) is 0 Å². The predicted octanol–water partition coefficient (Wildman–Crippen LogP) is 5.57. The Morgan fingerprint density at radius 3 is 2.19 bits per heavy atom. The maximum absolute atomic E-state index is 14.1. The Bertz CT molecular complexity index is 1050. The predicted molar refractivity (Wildman–Crippen MR) is 129 cm³/mol. The third-order valence-corrected chi connectivity index (χ3v) is 5.95.